The Balaban J connectivity index is 1.51. The van der Waals surface area contributed by atoms with Crippen LogP contribution in [0.1, 0.15) is 85.0 Å². The number of allylic oxidation sites excluding steroid dienone is 1. The van der Waals surface area contributed by atoms with Crippen LogP contribution < -0.4 is 0 Å². The molecule has 3 saturated carbocycles. The van der Waals surface area contributed by atoms with Gasteiger partial charge in [0.25, 0.3) is 0 Å². The zero-order chi connectivity index (χ0) is 23.1. The van der Waals surface area contributed by atoms with Crippen molar-refractivity contribution in [2.75, 3.05) is 13.7 Å². The monoisotopic (exact) mass is 446 g/mol. The van der Waals surface area contributed by atoms with E-state index in [0.717, 1.165) is 32.1 Å². The summed E-state index contributed by atoms with van der Waals surface area (Å²) in [6.07, 6.45) is 12.4. The molecule has 0 aromatic carbocycles. The number of hydrogen-bond donors (Lipinski definition) is 1. The van der Waals surface area contributed by atoms with Crippen LogP contribution in [0.25, 0.3) is 0 Å². The zero-order valence-electron chi connectivity index (χ0n) is 20.4. The molecule has 0 aromatic rings. The molecule has 180 valence electrons. The summed E-state index contributed by atoms with van der Waals surface area (Å²) in [6.45, 7) is 6.55. The largest absolute Gasteiger partial charge is 0.469 e. The van der Waals surface area contributed by atoms with E-state index in [2.05, 4.69) is 19.9 Å². The molecule has 0 radical (unpaired) electrons. The molecule has 4 aliphatic rings. The first kappa shape index (κ1) is 23.8. The Hall–Kier alpha value is -1.36. The molecule has 0 aliphatic heterocycles. The number of esters is 2. The van der Waals surface area contributed by atoms with Crippen LogP contribution in [0.4, 0.5) is 0 Å². The highest BCUT2D eigenvalue weighted by atomic mass is 16.5. The molecular weight excluding hydrogens is 404 g/mol. The van der Waals surface area contributed by atoms with E-state index < -0.39 is 0 Å². The van der Waals surface area contributed by atoms with Crippen molar-refractivity contribution in [1.82, 2.24) is 0 Å². The lowest BCUT2D eigenvalue weighted by Gasteiger charge is -2.59. The molecule has 0 bridgehead atoms. The first-order valence-corrected chi connectivity index (χ1v) is 12.8. The third kappa shape index (κ3) is 3.93. The van der Waals surface area contributed by atoms with Crippen molar-refractivity contribution in [1.29, 1.82) is 0 Å². The van der Waals surface area contributed by atoms with Gasteiger partial charge in [-0.25, -0.2) is 0 Å². The summed E-state index contributed by atoms with van der Waals surface area (Å²) in [6, 6.07) is 0. The van der Waals surface area contributed by atoms with Crippen molar-refractivity contribution in [3.63, 3.8) is 0 Å². The summed E-state index contributed by atoms with van der Waals surface area (Å²) in [5.41, 5.74) is 1.56. The van der Waals surface area contributed by atoms with Crippen LogP contribution in [-0.2, 0) is 19.1 Å². The first-order chi connectivity index (χ1) is 15.2. The van der Waals surface area contributed by atoms with Crippen molar-refractivity contribution in [2.45, 2.75) is 91.1 Å². The van der Waals surface area contributed by atoms with Crippen molar-refractivity contribution in [3.8, 4) is 0 Å². The molecule has 4 rings (SSSR count). The van der Waals surface area contributed by atoms with E-state index in [-0.39, 0.29) is 30.1 Å². The average Bonchev–Trinajstić information content (AvgIpc) is 3.13. The molecule has 0 spiro atoms. The number of fused-ring (bicyclic) bond motifs is 5. The molecule has 3 fully saturated rings. The number of aliphatic hydroxyl groups is 1. The fourth-order valence-electron chi connectivity index (χ4n) is 8.68. The van der Waals surface area contributed by atoms with E-state index >= 15 is 0 Å². The van der Waals surface area contributed by atoms with Gasteiger partial charge in [-0.15, -0.1) is 0 Å². The normalized spacial score (nSPS) is 41.5. The van der Waals surface area contributed by atoms with Crippen LogP contribution in [0.15, 0.2) is 11.6 Å². The van der Waals surface area contributed by atoms with Crippen molar-refractivity contribution in [2.24, 2.45) is 40.4 Å². The van der Waals surface area contributed by atoms with Gasteiger partial charge < -0.3 is 14.6 Å². The molecule has 5 heteroatoms. The van der Waals surface area contributed by atoms with Gasteiger partial charge in [-0.05, 0) is 86.4 Å². The summed E-state index contributed by atoms with van der Waals surface area (Å²) in [5.74, 6) is 2.75. The second-order valence-electron chi connectivity index (χ2n) is 11.5. The van der Waals surface area contributed by atoms with Crippen LogP contribution in [0.3, 0.4) is 0 Å². The van der Waals surface area contributed by atoms with E-state index in [1.165, 1.54) is 45.3 Å². The smallest absolute Gasteiger partial charge is 0.305 e. The Labute approximate surface area is 193 Å². The Morgan fingerprint density at radius 3 is 2.66 bits per heavy atom. The fourth-order valence-corrected chi connectivity index (χ4v) is 8.68. The molecule has 8 atom stereocenters. The summed E-state index contributed by atoms with van der Waals surface area (Å²) < 4.78 is 10.4. The van der Waals surface area contributed by atoms with Crippen molar-refractivity contribution in [3.05, 3.63) is 11.6 Å². The highest BCUT2D eigenvalue weighted by Crippen LogP contribution is 2.67. The second-order valence-corrected chi connectivity index (χ2v) is 11.5. The van der Waals surface area contributed by atoms with Crippen molar-refractivity contribution < 1.29 is 24.2 Å². The lowest BCUT2D eigenvalue weighted by molar-refractivity contribution is -0.149. The standard InChI is InChI=1S/C27H42O5/c1-17(5-10-25(30)31-4)22-8-9-23-21-7-6-19-15-20(32-18(2)29)11-14-27(19,16-28)24(21)12-13-26(22,23)3/h6,17,20-24,28H,5,7-16H2,1-4H3/t17-,20+,21+,22-,23+,24+,26-,27-/m1/s1. The minimum Gasteiger partial charge on any atom is -0.469 e. The first-order valence-electron chi connectivity index (χ1n) is 12.8. The van der Waals surface area contributed by atoms with Gasteiger partial charge >= 0.3 is 11.9 Å². The van der Waals surface area contributed by atoms with Crippen LogP contribution in [0, 0.1) is 40.4 Å². The Kier molecular flexibility index (Phi) is 6.78. The van der Waals surface area contributed by atoms with Gasteiger partial charge in [0.1, 0.15) is 6.10 Å². The quantitative estimate of drug-likeness (QED) is 0.456. The van der Waals surface area contributed by atoms with E-state index in [1.54, 1.807) is 0 Å². The maximum Gasteiger partial charge on any atom is 0.305 e. The molecule has 0 heterocycles. The maximum absolute atomic E-state index is 11.7. The average molecular weight is 447 g/mol. The maximum atomic E-state index is 11.7. The van der Waals surface area contributed by atoms with Crippen LogP contribution in [0.2, 0.25) is 0 Å². The van der Waals surface area contributed by atoms with Gasteiger partial charge in [0, 0.05) is 25.2 Å². The number of methoxy groups -OCH3 is 1. The third-order valence-corrected chi connectivity index (χ3v) is 10.2. The van der Waals surface area contributed by atoms with Gasteiger partial charge in [0.15, 0.2) is 0 Å². The van der Waals surface area contributed by atoms with Crippen molar-refractivity contribution >= 4 is 11.9 Å². The van der Waals surface area contributed by atoms with Crippen LogP contribution in [0.5, 0.6) is 0 Å². The number of carbonyl (C=O) groups is 2. The lowest BCUT2D eigenvalue weighted by atomic mass is 9.46. The highest BCUT2D eigenvalue weighted by molar-refractivity contribution is 5.69. The van der Waals surface area contributed by atoms with Gasteiger partial charge in [-0.3, -0.25) is 9.59 Å². The molecule has 1 N–H and O–H groups in total. The SMILES string of the molecule is COC(=O)CC[C@@H](C)[C@H]1CC[C@H]2[C@@H]3CC=C4C[C@@H](OC(C)=O)CC[C@]4(CO)[C@H]3CC[C@]12C. The van der Waals surface area contributed by atoms with E-state index in [1.807, 2.05) is 0 Å². The molecule has 0 amide bonds. The molecule has 4 aliphatic carbocycles. The number of carbonyl (C=O) groups excluding carboxylic acids is 2. The number of rotatable bonds is 6. The molecule has 0 unspecified atom stereocenters. The predicted molar refractivity (Wildman–Crippen MR) is 123 cm³/mol. The molecule has 32 heavy (non-hydrogen) atoms. The zero-order valence-corrected chi connectivity index (χ0v) is 20.4. The predicted octanol–water partition coefficient (Wildman–Crippen LogP) is 5.06. The minimum absolute atomic E-state index is 0.0321. The molecule has 0 saturated heterocycles. The number of aliphatic hydroxyl groups excluding tert-OH is 1. The van der Waals surface area contributed by atoms with Gasteiger partial charge in [-0.2, -0.15) is 0 Å². The Bertz CT molecular complexity index is 759. The van der Waals surface area contributed by atoms with Gasteiger partial charge in [0.05, 0.1) is 13.7 Å². The number of hydrogen-bond acceptors (Lipinski definition) is 5. The fraction of sp³-hybridized carbons (Fsp3) is 0.852. The van der Waals surface area contributed by atoms with E-state index in [9.17, 15) is 14.7 Å². The minimum atomic E-state index is -0.201. The summed E-state index contributed by atoms with van der Waals surface area (Å²) in [5, 5.41) is 10.7. The lowest BCUT2D eigenvalue weighted by Crippen LogP contribution is -2.53. The summed E-state index contributed by atoms with van der Waals surface area (Å²) in [7, 11) is 1.47. The van der Waals surface area contributed by atoms with Crippen LogP contribution in [-0.4, -0.2) is 36.9 Å². The third-order valence-electron chi connectivity index (χ3n) is 10.2. The second kappa shape index (κ2) is 9.12. The Morgan fingerprint density at radius 1 is 1.19 bits per heavy atom. The van der Waals surface area contributed by atoms with Gasteiger partial charge in [0.2, 0.25) is 0 Å². The molecule has 5 nitrogen and oxygen atoms in total. The topological polar surface area (TPSA) is 72.8 Å². The number of ether oxygens (including phenoxy) is 2. The Morgan fingerprint density at radius 2 is 1.97 bits per heavy atom. The van der Waals surface area contributed by atoms with Gasteiger partial charge in [-0.1, -0.05) is 25.5 Å². The van der Waals surface area contributed by atoms with E-state index in [4.69, 9.17) is 9.47 Å². The molecular formula is C27H42O5. The molecule has 0 aromatic heterocycles. The highest BCUT2D eigenvalue weighted by Gasteiger charge is 2.60. The summed E-state index contributed by atoms with van der Waals surface area (Å²) >= 11 is 0. The van der Waals surface area contributed by atoms with E-state index in [0.29, 0.717) is 41.4 Å². The summed E-state index contributed by atoms with van der Waals surface area (Å²) in [4.78, 5) is 23.2. The van der Waals surface area contributed by atoms with Crippen LogP contribution >= 0.6 is 0 Å².